The van der Waals surface area contributed by atoms with E-state index in [1.807, 2.05) is 12.3 Å². The molecule has 4 aliphatic carbocycles. The molecule has 0 saturated heterocycles. The Morgan fingerprint density at radius 2 is 2.10 bits per heavy atom. The summed E-state index contributed by atoms with van der Waals surface area (Å²) in [6, 6.07) is 1.90. The van der Waals surface area contributed by atoms with Crippen LogP contribution in [-0.4, -0.2) is 26.3 Å². The summed E-state index contributed by atoms with van der Waals surface area (Å²) in [7, 11) is 0. The van der Waals surface area contributed by atoms with Crippen LogP contribution in [0.1, 0.15) is 71.6 Å². The molecular formula is C25H36N2O2. The topological polar surface area (TPSA) is 55.1 Å². The van der Waals surface area contributed by atoms with Crippen molar-refractivity contribution in [3.8, 4) is 0 Å². The fraction of sp³-hybridized carbons (Fsp3) is 0.760. The van der Waals surface area contributed by atoms with Gasteiger partial charge in [-0.15, -0.1) is 0 Å². The van der Waals surface area contributed by atoms with Gasteiger partial charge >= 0.3 is 0 Å². The molecule has 0 amide bonds. The number of carbonyl (C=O) groups excluding carboxylic acids is 1. The molecule has 0 aromatic carbocycles. The summed E-state index contributed by atoms with van der Waals surface area (Å²) < 4.78 is 1.79. The monoisotopic (exact) mass is 396 g/mol. The predicted octanol–water partition coefficient (Wildman–Crippen LogP) is 4.78. The van der Waals surface area contributed by atoms with Crippen molar-refractivity contribution in [2.75, 3.05) is 0 Å². The quantitative estimate of drug-likeness (QED) is 0.745. The van der Waals surface area contributed by atoms with Crippen molar-refractivity contribution < 1.29 is 9.90 Å². The third kappa shape index (κ3) is 3.13. The highest BCUT2D eigenvalue weighted by Gasteiger charge is 2.57. The summed E-state index contributed by atoms with van der Waals surface area (Å²) in [5.41, 5.74) is 1.25. The van der Waals surface area contributed by atoms with E-state index in [4.69, 9.17) is 0 Å². The van der Waals surface area contributed by atoms with Crippen molar-refractivity contribution in [3.05, 3.63) is 30.1 Å². The van der Waals surface area contributed by atoms with Gasteiger partial charge in [-0.3, -0.25) is 9.48 Å². The SMILES string of the molecule is CCC1(O)CCC2C(=CCC3C2CCC2(C)C(C(=O)Cn4cccn4)CCC32)C1. The molecule has 4 aliphatic rings. The van der Waals surface area contributed by atoms with Crippen LogP contribution in [0.4, 0.5) is 0 Å². The molecule has 3 saturated carbocycles. The highest BCUT2D eigenvalue weighted by atomic mass is 16.3. The third-order valence-electron chi connectivity index (χ3n) is 9.52. The standard InChI is InChI=1S/C25H36N2O2/c1-3-25(29)12-10-18-17(15-25)5-6-20-19(18)9-11-24(2)21(20)7-8-22(24)23(28)16-27-14-4-13-26-27/h4-5,13-14,18-22,29H,3,6-12,15-16H2,1-2H3. The Morgan fingerprint density at radius 1 is 1.24 bits per heavy atom. The van der Waals surface area contributed by atoms with Crippen molar-refractivity contribution in [2.24, 2.45) is 35.0 Å². The molecule has 1 aromatic rings. The first-order valence-electron chi connectivity index (χ1n) is 11.8. The molecule has 29 heavy (non-hydrogen) atoms. The van der Waals surface area contributed by atoms with Gasteiger partial charge in [-0.25, -0.2) is 0 Å². The maximum absolute atomic E-state index is 13.2. The van der Waals surface area contributed by atoms with E-state index in [1.54, 1.807) is 16.5 Å². The number of Topliss-reactive ketones (excluding diaryl/α,β-unsaturated/α-hetero) is 1. The summed E-state index contributed by atoms with van der Waals surface area (Å²) in [4.78, 5) is 13.2. The van der Waals surface area contributed by atoms with Crippen LogP contribution in [0, 0.1) is 35.0 Å². The molecule has 0 spiro atoms. The molecule has 5 rings (SSSR count). The summed E-state index contributed by atoms with van der Waals surface area (Å²) >= 11 is 0. The van der Waals surface area contributed by atoms with Crippen molar-refractivity contribution in [3.63, 3.8) is 0 Å². The molecule has 7 atom stereocenters. The van der Waals surface area contributed by atoms with E-state index in [2.05, 4.69) is 25.0 Å². The number of allylic oxidation sites excluding steroid dienone is 1. The second-order valence-corrected chi connectivity index (χ2v) is 10.7. The van der Waals surface area contributed by atoms with Gasteiger partial charge in [-0.1, -0.05) is 25.5 Å². The first-order chi connectivity index (χ1) is 13.9. The fourth-order valence-corrected chi connectivity index (χ4v) is 7.86. The zero-order chi connectivity index (χ0) is 20.2. The van der Waals surface area contributed by atoms with Gasteiger partial charge in [0.15, 0.2) is 5.78 Å². The lowest BCUT2D eigenvalue weighted by atomic mass is 9.51. The van der Waals surface area contributed by atoms with Gasteiger partial charge in [0.05, 0.1) is 12.1 Å². The average molecular weight is 397 g/mol. The predicted molar refractivity (Wildman–Crippen MR) is 113 cm³/mol. The van der Waals surface area contributed by atoms with Crippen LogP contribution in [0.2, 0.25) is 0 Å². The Hall–Kier alpha value is -1.42. The van der Waals surface area contributed by atoms with E-state index in [-0.39, 0.29) is 11.3 Å². The molecule has 1 aromatic heterocycles. The van der Waals surface area contributed by atoms with Gasteiger partial charge in [0.1, 0.15) is 0 Å². The number of rotatable bonds is 4. The minimum Gasteiger partial charge on any atom is -0.390 e. The smallest absolute Gasteiger partial charge is 0.157 e. The fourth-order valence-electron chi connectivity index (χ4n) is 7.86. The lowest BCUT2D eigenvalue weighted by Crippen LogP contribution is -2.48. The Morgan fingerprint density at radius 3 is 2.86 bits per heavy atom. The van der Waals surface area contributed by atoms with Gasteiger partial charge < -0.3 is 5.11 Å². The van der Waals surface area contributed by atoms with E-state index < -0.39 is 5.60 Å². The third-order valence-corrected chi connectivity index (χ3v) is 9.52. The number of fused-ring (bicyclic) bond motifs is 5. The number of nitrogens with zero attached hydrogens (tertiary/aromatic N) is 2. The zero-order valence-electron chi connectivity index (χ0n) is 18.0. The van der Waals surface area contributed by atoms with Crippen LogP contribution in [0.5, 0.6) is 0 Å². The number of hydrogen-bond acceptors (Lipinski definition) is 3. The maximum atomic E-state index is 13.2. The highest BCUT2D eigenvalue weighted by Crippen LogP contribution is 2.63. The molecule has 4 nitrogen and oxygen atoms in total. The van der Waals surface area contributed by atoms with Crippen LogP contribution in [0.25, 0.3) is 0 Å². The second kappa shape index (κ2) is 7.08. The Labute approximate surface area is 174 Å². The first-order valence-corrected chi connectivity index (χ1v) is 11.8. The van der Waals surface area contributed by atoms with Crippen LogP contribution in [0.15, 0.2) is 30.1 Å². The number of aliphatic hydroxyl groups is 1. The van der Waals surface area contributed by atoms with Crippen molar-refractivity contribution >= 4 is 5.78 Å². The van der Waals surface area contributed by atoms with E-state index >= 15 is 0 Å². The lowest BCUT2D eigenvalue weighted by molar-refractivity contribution is -0.129. The molecule has 1 N–H and O–H groups in total. The molecule has 0 bridgehead atoms. The van der Waals surface area contributed by atoms with E-state index in [1.165, 1.54) is 19.3 Å². The lowest BCUT2D eigenvalue weighted by Gasteiger charge is -2.54. The summed E-state index contributed by atoms with van der Waals surface area (Å²) in [6.07, 6.45) is 15.9. The van der Waals surface area contributed by atoms with Crippen LogP contribution < -0.4 is 0 Å². The van der Waals surface area contributed by atoms with Gasteiger partial charge in [0.25, 0.3) is 0 Å². The largest absolute Gasteiger partial charge is 0.390 e. The second-order valence-electron chi connectivity index (χ2n) is 10.7. The molecule has 3 fully saturated rings. The Bertz CT molecular complexity index is 800. The number of ketones is 1. The maximum Gasteiger partial charge on any atom is 0.157 e. The highest BCUT2D eigenvalue weighted by molar-refractivity contribution is 5.82. The van der Waals surface area contributed by atoms with Crippen molar-refractivity contribution in [1.29, 1.82) is 0 Å². The summed E-state index contributed by atoms with van der Waals surface area (Å²) in [5.74, 6) is 3.45. The molecule has 158 valence electrons. The average Bonchev–Trinajstić information content (AvgIpc) is 3.34. The van der Waals surface area contributed by atoms with Crippen LogP contribution in [-0.2, 0) is 11.3 Å². The van der Waals surface area contributed by atoms with Gasteiger partial charge in [0.2, 0.25) is 0 Å². The van der Waals surface area contributed by atoms with Crippen molar-refractivity contribution in [1.82, 2.24) is 9.78 Å². The van der Waals surface area contributed by atoms with Crippen LogP contribution in [0.3, 0.4) is 0 Å². The molecule has 1 heterocycles. The summed E-state index contributed by atoms with van der Waals surface area (Å²) in [6.45, 7) is 4.97. The summed E-state index contributed by atoms with van der Waals surface area (Å²) in [5, 5.41) is 15.1. The van der Waals surface area contributed by atoms with E-state index in [0.717, 1.165) is 50.4 Å². The van der Waals surface area contributed by atoms with E-state index in [9.17, 15) is 9.90 Å². The van der Waals surface area contributed by atoms with Gasteiger partial charge in [-0.05, 0) is 92.9 Å². The zero-order valence-corrected chi connectivity index (χ0v) is 18.0. The van der Waals surface area contributed by atoms with Gasteiger partial charge in [0, 0.05) is 18.3 Å². The minimum absolute atomic E-state index is 0.162. The Balaban J connectivity index is 1.34. The first kappa shape index (κ1) is 19.5. The van der Waals surface area contributed by atoms with E-state index in [0.29, 0.717) is 24.2 Å². The number of hydrogen-bond donors (Lipinski definition) is 1. The molecular weight excluding hydrogens is 360 g/mol. The van der Waals surface area contributed by atoms with Crippen molar-refractivity contribution in [2.45, 2.75) is 83.8 Å². The molecule has 0 radical (unpaired) electrons. The van der Waals surface area contributed by atoms with Gasteiger partial charge in [-0.2, -0.15) is 5.10 Å². The molecule has 0 aliphatic heterocycles. The minimum atomic E-state index is -0.463. The Kier molecular flexibility index (Phi) is 4.77. The molecule has 4 heteroatoms. The molecule has 7 unspecified atom stereocenters. The van der Waals surface area contributed by atoms with Crippen LogP contribution >= 0.6 is 0 Å². The number of aromatic nitrogens is 2. The number of carbonyl (C=O) groups is 1. The normalized spacial score (nSPS) is 43.8.